The van der Waals surface area contributed by atoms with E-state index < -0.39 is 5.91 Å². The quantitative estimate of drug-likeness (QED) is 0.380. The molecule has 1 saturated carbocycles. The molecule has 0 radical (unpaired) electrons. The van der Waals surface area contributed by atoms with Crippen molar-refractivity contribution in [2.75, 3.05) is 6.61 Å². The van der Waals surface area contributed by atoms with E-state index >= 15 is 0 Å². The third-order valence-electron chi connectivity index (χ3n) is 6.29. The third-order valence-corrected chi connectivity index (χ3v) is 7.95. The average molecular weight is 568 g/mol. The first-order chi connectivity index (χ1) is 17.5. The molecule has 3 aliphatic rings. The maximum atomic E-state index is 12.9. The van der Waals surface area contributed by atoms with Crippen molar-refractivity contribution in [1.29, 1.82) is 5.41 Å². The van der Waals surface area contributed by atoms with Gasteiger partial charge in [0.05, 0.1) is 16.7 Å². The van der Waals surface area contributed by atoms with Crippen molar-refractivity contribution < 1.29 is 14.3 Å². The number of amides is 1. The lowest BCUT2D eigenvalue weighted by molar-refractivity contribution is -0.114. The third kappa shape index (κ3) is 5.27. The number of nitrogens with one attached hydrogen (secondary N) is 1. The van der Waals surface area contributed by atoms with Crippen molar-refractivity contribution in [3.8, 4) is 11.5 Å². The minimum atomic E-state index is -0.433. The standard InChI is InChI=1S/C27H27BrN4O3S/c1-2-34-22-15-18(14-21(28)23(22)35-16-17-9-5-3-6-10-17)13-20-24(29)32-27(30-25(20)33)36-26(31-32)19-11-7-4-8-12-19/h3,5-6,9-10,13-15,19,29H,2,4,7-8,11-12,16H2,1H3/b20-13-,29-24?. The Morgan fingerprint density at radius 1 is 1.17 bits per heavy atom. The highest BCUT2D eigenvalue weighted by Gasteiger charge is 2.38. The van der Waals surface area contributed by atoms with Crippen molar-refractivity contribution >= 4 is 55.7 Å². The van der Waals surface area contributed by atoms with Gasteiger partial charge in [-0.3, -0.25) is 10.2 Å². The number of carbonyl (C=O) groups excluding carboxylic acids is 1. The second kappa shape index (κ2) is 11.0. The molecule has 0 aromatic heterocycles. The van der Waals surface area contributed by atoms with E-state index in [0.717, 1.165) is 23.4 Å². The van der Waals surface area contributed by atoms with Gasteiger partial charge >= 0.3 is 0 Å². The molecule has 7 nitrogen and oxygen atoms in total. The molecule has 2 aromatic rings. The van der Waals surface area contributed by atoms with Crippen LogP contribution in [0.1, 0.15) is 50.2 Å². The number of carbonyl (C=O) groups is 1. The van der Waals surface area contributed by atoms with Crippen LogP contribution in [0.4, 0.5) is 0 Å². The van der Waals surface area contributed by atoms with Gasteiger partial charge in [0.2, 0.25) is 5.17 Å². The first-order valence-electron chi connectivity index (χ1n) is 12.2. The molecule has 9 heteroatoms. The maximum Gasteiger partial charge on any atom is 0.283 e. The lowest BCUT2D eigenvalue weighted by Crippen LogP contribution is -2.35. The number of halogens is 1. The van der Waals surface area contributed by atoms with Crippen molar-refractivity contribution in [2.45, 2.75) is 45.6 Å². The Morgan fingerprint density at radius 2 is 1.94 bits per heavy atom. The normalized spacial score (nSPS) is 19.3. The van der Waals surface area contributed by atoms with Crippen LogP contribution in [0.5, 0.6) is 11.5 Å². The summed E-state index contributed by atoms with van der Waals surface area (Å²) < 4.78 is 12.6. The van der Waals surface area contributed by atoms with Gasteiger partial charge in [0, 0.05) is 5.92 Å². The van der Waals surface area contributed by atoms with Gasteiger partial charge in [-0.25, -0.2) is 0 Å². The van der Waals surface area contributed by atoms with Crippen LogP contribution in [0.25, 0.3) is 6.08 Å². The highest BCUT2D eigenvalue weighted by molar-refractivity contribution is 9.10. The molecule has 36 heavy (non-hydrogen) atoms. The summed E-state index contributed by atoms with van der Waals surface area (Å²) in [5.41, 5.74) is 1.94. The molecule has 5 rings (SSSR count). The number of aliphatic imine (C=N–C) groups is 1. The number of thioether (sulfide) groups is 1. The molecule has 0 spiro atoms. The van der Waals surface area contributed by atoms with Crippen molar-refractivity contribution in [2.24, 2.45) is 16.0 Å². The Balaban J connectivity index is 1.40. The summed E-state index contributed by atoms with van der Waals surface area (Å²) in [5, 5.41) is 16.3. The zero-order valence-electron chi connectivity index (χ0n) is 20.0. The molecule has 0 bridgehead atoms. The van der Waals surface area contributed by atoms with Crippen molar-refractivity contribution in [3.63, 3.8) is 0 Å². The van der Waals surface area contributed by atoms with Gasteiger partial charge in [0.1, 0.15) is 11.7 Å². The second-order valence-electron chi connectivity index (χ2n) is 8.83. The Morgan fingerprint density at radius 3 is 2.69 bits per heavy atom. The summed E-state index contributed by atoms with van der Waals surface area (Å²) in [7, 11) is 0. The highest BCUT2D eigenvalue weighted by atomic mass is 79.9. The molecule has 186 valence electrons. The van der Waals surface area contributed by atoms with Gasteiger partial charge in [-0.1, -0.05) is 49.6 Å². The van der Waals surface area contributed by atoms with Gasteiger partial charge in [0.25, 0.3) is 5.91 Å². The monoisotopic (exact) mass is 566 g/mol. The molecule has 2 heterocycles. The molecular formula is C27H27BrN4O3S. The number of benzene rings is 2. The van der Waals surface area contributed by atoms with Gasteiger partial charge in [-0.15, -0.1) is 0 Å². The largest absolute Gasteiger partial charge is 0.490 e. The predicted octanol–water partition coefficient (Wildman–Crippen LogP) is 6.63. The Labute approximate surface area is 223 Å². The van der Waals surface area contributed by atoms with E-state index in [0.29, 0.717) is 45.8 Å². The average Bonchev–Trinajstić information content (AvgIpc) is 3.32. The van der Waals surface area contributed by atoms with Crippen LogP contribution in [0.3, 0.4) is 0 Å². The fourth-order valence-electron chi connectivity index (χ4n) is 4.49. The molecule has 1 N–H and O–H groups in total. The molecule has 0 unspecified atom stereocenters. The second-order valence-corrected chi connectivity index (χ2v) is 10.7. The summed E-state index contributed by atoms with van der Waals surface area (Å²) in [6.07, 6.45) is 7.52. The minimum Gasteiger partial charge on any atom is -0.490 e. The van der Waals surface area contributed by atoms with E-state index in [1.54, 1.807) is 6.08 Å². The van der Waals surface area contributed by atoms with Crippen LogP contribution < -0.4 is 9.47 Å². The van der Waals surface area contributed by atoms with Crippen LogP contribution in [0.2, 0.25) is 0 Å². The summed E-state index contributed by atoms with van der Waals surface area (Å²) in [4.78, 5) is 17.2. The van der Waals surface area contributed by atoms with E-state index in [1.807, 2.05) is 49.4 Å². The zero-order chi connectivity index (χ0) is 25.1. The molecule has 0 saturated heterocycles. The molecule has 1 amide bonds. The Bertz CT molecular complexity index is 1270. The van der Waals surface area contributed by atoms with E-state index in [-0.39, 0.29) is 11.4 Å². The lowest BCUT2D eigenvalue weighted by atomic mass is 9.90. The number of ether oxygens (including phenoxy) is 2. The number of amidine groups is 2. The van der Waals surface area contributed by atoms with Gasteiger partial charge in [0.15, 0.2) is 17.3 Å². The first kappa shape index (κ1) is 24.8. The van der Waals surface area contributed by atoms with Crippen molar-refractivity contribution in [1.82, 2.24) is 5.01 Å². The number of hydrogen-bond acceptors (Lipinski definition) is 6. The zero-order valence-corrected chi connectivity index (χ0v) is 22.4. The van der Waals surface area contributed by atoms with Crippen LogP contribution in [0, 0.1) is 11.3 Å². The summed E-state index contributed by atoms with van der Waals surface area (Å²) in [6.45, 7) is 2.76. The van der Waals surface area contributed by atoms with Crippen LogP contribution in [-0.4, -0.2) is 33.6 Å². The fourth-order valence-corrected chi connectivity index (χ4v) is 6.13. The van der Waals surface area contributed by atoms with Gasteiger partial charge < -0.3 is 9.47 Å². The van der Waals surface area contributed by atoms with E-state index in [2.05, 4.69) is 26.0 Å². The molecule has 0 atom stereocenters. The van der Waals surface area contributed by atoms with E-state index in [1.165, 1.54) is 36.0 Å². The van der Waals surface area contributed by atoms with E-state index in [4.69, 9.17) is 14.9 Å². The maximum absolute atomic E-state index is 12.9. The summed E-state index contributed by atoms with van der Waals surface area (Å²) >= 11 is 5.02. The molecule has 1 aliphatic carbocycles. The van der Waals surface area contributed by atoms with Gasteiger partial charge in [-0.2, -0.15) is 15.1 Å². The van der Waals surface area contributed by atoms with Crippen LogP contribution in [0.15, 0.2) is 62.6 Å². The topological polar surface area (TPSA) is 87.3 Å². The van der Waals surface area contributed by atoms with Crippen molar-refractivity contribution in [3.05, 3.63) is 63.6 Å². The summed E-state index contributed by atoms with van der Waals surface area (Å²) in [5.74, 6) is 1.15. The summed E-state index contributed by atoms with van der Waals surface area (Å²) in [6, 6.07) is 13.6. The number of hydrazone groups is 1. The van der Waals surface area contributed by atoms with Gasteiger partial charge in [-0.05, 0) is 76.8 Å². The number of hydrogen-bond donors (Lipinski definition) is 1. The number of nitrogens with zero attached hydrogens (tertiary/aromatic N) is 3. The molecule has 2 aromatic carbocycles. The van der Waals surface area contributed by atoms with E-state index in [9.17, 15) is 4.79 Å². The van der Waals surface area contributed by atoms with Crippen LogP contribution >= 0.6 is 27.7 Å². The number of fused-ring (bicyclic) bond motifs is 1. The molecule has 1 fully saturated rings. The lowest BCUT2D eigenvalue weighted by Gasteiger charge is -2.20. The minimum absolute atomic E-state index is 0.0433. The van der Waals surface area contributed by atoms with Crippen LogP contribution in [-0.2, 0) is 11.4 Å². The first-order valence-corrected chi connectivity index (χ1v) is 13.8. The predicted molar refractivity (Wildman–Crippen MR) is 148 cm³/mol. The Hall–Kier alpha value is -2.91. The number of rotatable bonds is 7. The fraction of sp³-hybridized carbons (Fsp3) is 0.333. The molecule has 2 aliphatic heterocycles. The smallest absolute Gasteiger partial charge is 0.283 e. The highest BCUT2D eigenvalue weighted by Crippen LogP contribution is 2.39. The molecular weight excluding hydrogens is 540 g/mol. The SMILES string of the molecule is CCOc1cc(/C=C2/C(=N)N3N=C(C4CCCCC4)SC3=NC2=O)cc(Br)c1OCc1ccccc1. The Kier molecular flexibility index (Phi) is 7.57.